The normalized spacial score (nSPS) is 10.6. The zero-order valence-corrected chi connectivity index (χ0v) is 14.6. The quantitative estimate of drug-likeness (QED) is 0.615. The highest BCUT2D eigenvalue weighted by Crippen LogP contribution is 2.32. The Morgan fingerprint density at radius 1 is 0.864 bits per heavy atom. The van der Waals surface area contributed by atoms with Gasteiger partial charge in [0, 0.05) is 0 Å². The maximum Gasteiger partial charge on any atom is 0.133 e. The second-order valence-electron chi connectivity index (χ2n) is 6.48. The van der Waals surface area contributed by atoms with E-state index in [0.717, 1.165) is 17.9 Å². The Labute approximate surface area is 134 Å². The highest BCUT2D eigenvalue weighted by molar-refractivity contribution is 5.48. The van der Waals surface area contributed by atoms with Gasteiger partial charge in [-0.1, -0.05) is 24.3 Å². The molecular weight excluding hydrogens is 268 g/mol. The molecule has 0 saturated carbocycles. The van der Waals surface area contributed by atoms with Crippen LogP contribution in [0.2, 0.25) is 0 Å². The molecule has 2 aromatic rings. The molecule has 0 heterocycles. The Morgan fingerprint density at radius 2 is 1.36 bits per heavy atom. The van der Waals surface area contributed by atoms with E-state index < -0.39 is 0 Å². The Kier molecular flexibility index (Phi) is 4.75. The molecule has 0 aliphatic carbocycles. The lowest BCUT2D eigenvalue weighted by Crippen LogP contribution is -1.96. The molecule has 2 rings (SSSR count). The van der Waals surface area contributed by atoms with Crippen molar-refractivity contribution in [2.75, 3.05) is 0 Å². The molecule has 0 atom stereocenters. The van der Waals surface area contributed by atoms with Gasteiger partial charge in [-0.3, -0.25) is 0 Å². The summed E-state index contributed by atoms with van der Waals surface area (Å²) in [5.74, 6) is 1.88. The van der Waals surface area contributed by atoms with Crippen LogP contribution in [0.1, 0.15) is 40.3 Å². The smallest absolute Gasteiger partial charge is 0.133 e. The van der Waals surface area contributed by atoms with Gasteiger partial charge in [0.05, 0.1) is 0 Å². The van der Waals surface area contributed by atoms with Gasteiger partial charge in [-0.25, -0.2) is 0 Å². The maximum absolute atomic E-state index is 6.19. The lowest BCUT2D eigenvalue weighted by Gasteiger charge is -2.16. The molecule has 0 aliphatic rings. The predicted octanol–water partition coefficient (Wildman–Crippen LogP) is 6.14. The molecule has 1 heteroatoms. The van der Waals surface area contributed by atoms with Crippen LogP contribution in [0.15, 0.2) is 36.4 Å². The van der Waals surface area contributed by atoms with Gasteiger partial charge >= 0.3 is 0 Å². The van der Waals surface area contributed by atoms with E-state index in [1.165, 1.54) is 39.0 Å². The summed E-state index contributed by atoms with van der Waals surface area (Å²) in [6.45, 7) is 16.7. The molecular formula is C21H26O. The van der Waals surface area contributed by atoms with Crippen LogP contribution in [0.3, 0.4) is 0 Å². The third-order valence-corrected chi connectivity index (χ3v) is 4.15. The molecule has 2 aromatic carbocycles. The van der Waals surface area contributed by atoms with Gasteiger partial charge in [0.25, 0.3) is 0 Å². The maximum atomic E-state index is 6.19. The highest BCUT2D eigenvalue weighted by Gasteiger charge is 2.09. The van der Waals surface area contributed by atoms with Crippen molar-refractivity contribution < 1.29 is 4.74 Å². The second-order valence-corrected chi connectivity index (χ2v) is 6.48. The van der Waals surface area contributed by atoms with Crippen molar-refractivity contribution >= 4 is 0 Å². The van der Waals surface area contributed by atoms with Crippen molar-refractivity contribution in [3.8, 4) is 11.5 Å². The molecule has 0 amide bonds. The van der Waals surface area contributed by atoms with Gasteiger partial charge in [-0.15, -0.1) is 0 Å². The minimum absolute atomic E-state index is 0.916. The van der Waals surface area contributed by atoms with Crippen LogP contribution in [0.4, 0.5) is 0 Å². The summed E-state index contributed by atoms with van der Waals surface area (Å²) in [7, 11) is 0. The van der Waals surface area contributed by atoms with E-state index in [9.17, 15) is 0 Å². The summed E-state index contributed by atoms with van der Waals surface area (Å²) in [5, 5.41) is 0. The van der Waals surface area contributed by atoms with Crippen LogP contribution in [0, 0.1) is 34.6 Å². The second kappa shape index (κ2) is 6.39. The Hall–Kier alpha value is -2.02. The summed E-state index contributed by atoms with van der Waals surface area (Å²) < 4.78 is 6.19. The zero-order chi connectivity index (χ0) is 16.4. The molecule has 116 valence electrons. The lowest BCUT2D eigenvalue weighted by atomic mass is 10.0. The predicted molar refractivity (Wildman–Crippen MR) is 95.2 cm³/mol. The minimum atomic E-state index is 0.916. The molecule has 22 heavy (non-hydrogen) atoms. The average molecular weight is 294 g/mol. The first kappa shape index (κ1) is 16.4. The van der Waals surface area contributed by atoms with Gasteiger partial charge in [0.15, 0.2) is 0 Å². The van der Waals surface area contributed by atoms with Crippen LogP contribution in [-0.2, 0) is 6.42 Å². The minimum Gasteiger partial charge on any atom is -0.457 e. The van der Waals surface area contributed by atoms with E-state index >= 15 is 0 Å². The van der Waals surface area contributed by atoms with Crippen molar-refractivity contribution in [3.63, 3.8) is 0 Å². The molecule has 0 N–H and O–H groups in total. The molecule has 0 spiro atoms. The summed E-state index contributed by atoms with van der Waals surface area (Å²) in [4.78, 5) is 0. The van der Waals surface area contributed by atoms with E-state index in [2.05, 4.69) is 72.4 Å². The number of ether oxygens (including phenoxy) is 1. The van der Waals surface area contributed by atoms with Crippen molar-refractivity contribution in [1.82, 2.24) is 0 Å². The fraction of sp³-hybridized carbons (Fsp3) is 0.333. The molecule has 0 bridgehead atoms. The van der Waals surface area contributed by atoms with Crippen LogP contribution >= 0.6 is 0 Å². The molecule has 0 aromatic heterocycles. The summed E-state index contributed by atoms with van der Waals surface area (Å²) in [6.07, 6.45) is 0.921. The monoisotopic (exact) mass is 294 g/mol. The van der Waals surface area contributed by atoms with E-state index in [4.69, 9.17) is 4.74 Å². The molecule has 0 unspecified atom stereocenters. The van der Waals surface area contributed by atoms with Crippen molar-refractivity contribution in [1.29, 1.82) is 0 Å². The van der Waals surface area contributed by atoms with Gasteiger partial charge < -0.3 is 4.74 Å². The van der Waals surface area contributed by atoms with Crippen LogP contribution < -0.4 is 4.74 Å². The Balaban J connectivity index is 2.36. The van der Waals surface area contributed by atoms with Gasteiger partial charge in [0.1, 0.15) is 11.5 Å². The van der Waals surface area contributed by atoms with Gasteiger partial charge in [-0.05, 0) is 93.5 Å². The number of rotatable bonds is 4. The first-order chi connectivity index (χ1) is 10.3. The van der Waals surface area contributed by atoms with Crippen molar-refractivity contribution in [2.45, 2.75) is 48.0 Å². The lowest BCUT2D eigenvalue weighted by molar-refractivity contribution is 0.474. The number of aryl methyl sites for hydroxylation is 4. The average Bonchev–Trinajstić information content (AvgIpc) is 2.39. The summed E-state index contributed by atoms with van der Waals surface area (Å²) >= 11 is 0. The molecule has 1 nitrogen and oxygen atoms in total. The molecule has 0 fully saturated rings. The van der Waals surface area contributed by atoms with Crippen molar-refractivity contribution in [3.05, 3.63) is 69.8 Å². The van der Waals surface area contributed by atoms with E-state index in [-0.39, 0.29) is 0 Å². The van der Waals surface area contributed by atoms with Gasteiger partial charge in [0.2, 0.25) is 0 Å². The van der Waals surface area contributed by atoms with Crippen LogP contribution in [-0.4, -0.2) is 0 Å². The SMILES string of the molecule is C=C(C)Cc1cc(C)c(Oc2cc(C)c(C)c(C)c2)c(C)c1. The first-order valence-corrected chi connectivity index (χ1v) is 7.78. The van der Waals surface area contributed by atoms with Crippen LogP contribution in [0.5, 0.6) is 11.5 Å². The summed E-state index contributed by atoms with van der Waals surface area (Å²) in [6, 6.07) is 8.63. The van der Waals surface area contributed by atoms with Crippen LogP contribution in [0.25, 0.3) is 0 Å². The molecule has 0 aliphatic heterocycles. The van der Waals surface area contributed by atoms with E-state index in [0.29, 0.717) is 0 Å². The van der Waals surface area contributed by atoms with Gasteiger partial charge in [-0.2, -0.15) is 0 Å². The standard InChI is InChI=1S/C21H26O/c1-13(2)8-19-9-16(5)21(17(6)10-19)22-20-11-14(3)18(7)15(4)12-20/h9-12H,1,8H2,2-7H3. The fourth-order valence-corrected chi connectivity index (χ4v) is 2.82. The zero-order valence-electron chi connectivity index (χ0n) is 14.6. The Morgan fingerprint density at radius 3 is 1.82 bits per heavy atom. The number of hydrogen-bond acceptors (Lipinski definition) is 1. The number of hydrogen-bond donors (Lipinski definition) is 0. The first-order valence-electron chi connectivity index (χ1n) is 7.78. The van der Waals surface area contributed by atoms with Crippen molar-refractivity contribution in [2.24, 2.45) is 0 Å². The number of allylic oxidation sites excluding steroid dienone is 1. The topological polar surface area (TPSA) is 9.23 Å². The number of benzene rings is 2. The van der Waals surface area contributed by atoms with E-state index in [1.54, 1.807) is 0 Å². The Bertz CT molecular complexity index is 677. The third-order valence-electron chi connectivity index (χ3n) is 4.15. The fourth-order valence-electron chi connectivity index (χ4n) is 2.82. The molecule has 0 saturated heterocycles. The largest absolute Gasteiger partial charge is 0.457 e. The summed E-state index contributed by atoms with van der Waals surface area (Å²) in [5.41, 5.74) is 8.69. The highest BCUT2D eigenvalue weighted by atomic mass is 16.5. The molecule has 0 radical (unpaired) electrons. The third kappa shape index (κ3) is 3.59. The van der Waals surface area contributed by atoms with E-state index in [1.807, 2.05) is 0 Å².